The van der Waals surface area contributed by atoms with E-state index in [1.807, 2.05) is 47.1 Å². The van der Waals surface area contributed by atoms with E-state index < -0.39 is 0 Å². The predicted molar refractivity (Wildman–Crippen MR) is 109 cm³/mol. The molecule has 3 aromatic heterocycles. The highest BCUT2D eigenvalue weighted by atomic mass is 16.1. The minimum absolute atomic E-state index is 0.153. The summed E-state index contributed by atoms with van der Waals surface area (Å²) in [7, 11) is 0. The molecule has 0 amide bonds. The fourth-order valence-electron chi connectivity index (χ4n) is 3.77. The van der Waals surface area contributed by atoms with Crippen molar-refractivity contribution in [3.8, 4) is 16.9 Å². The maximum atomic E-state index is 11.6. The SMILES string of the molecule is O=c1cc2c(n[nH]1)CCN(Cc1cn(-c3ccccc3)nc1-c1ccncc1)C2. The molecule has 0 bridgehead atoms. The van der Waals surface area contributed by atoms with Crippen LogP contribution in [0.25, 0.3) is 16.9 Å². The Labute approximate surface area is 167 Å². The highest BCUT2D eigenvalue weighted by molar-refractivity contribution is 5.62. The summed E-state index contributed by atoms with van der Waals surface area (Å²) in [6.07, 6.45) is 6.49. The summed E-state index contributed by atoms with van der Waals surface area (Å²) in [5.74, 6) is 0. The lowest BCUT2D eigenvalue weighted by molar-refractivity contribution is 0.242. The van der Waals surface area contributed by atoms with E-state index >= 15 is 0 Å². The number of fused-ring (bicyclic) bond motifs is 1. The normalized spacial score (nSPS) is 13.9. The van der Waals surface area contributed by atoms with Gasteiger partial charge >= 0.3 is 0 Å². The molecular formula is C22H20N6O. The first kappa shape index (κ1) is 17.5. The van der Waals surface area contributed by atoms with Gasteiger partial charge in [0, 0.05) is 61.8 Å². The molecule has 4 heterocycles. The Morgan fingerprint density at radius 1 is 1.07 bits per heavy atom. The van der Waals surface area contributed by atoms with Crippen LogP contribution >= 0.6 is 0 Å². The van der Waals surface area contributed by atoms with E-state index in [4.69, 9.17) is 5.10 Å². The molecule has 1 aliphatic heterocycles. The molecule has 5 rings (SSSR count). The Kier molecular flexibility index (Phi) is 4.50. The number of para-hydroxylation sites is 1. The van der Waals surface area contributed by atoms with Crippen molar-refractivity contribution in [2.75, 3.05) is 6.54 Å². The molecule has 0 saturated heterocycles. The summed E-state index contributed by atoms with van der Waals surface area (Å²) in [6.45, 7) is 2.34. The molecule has 0 radical (unpaired) electrons. The lowest BCUT2D eigenvalue weighted by Crippen LogP contribution is -2.32. The minimum atomic E-state index is -0.153. The monoisotopic (exact) mass is 384 g/mol. The Balaban J connectivity index is 1.49. The standard InChI is InChI=1S/C22H20N6O/c29-21-12-17-13-27(11-8-20(17)24-25-21)14-18-15-28(19-4-2-1-3-5-19)26-22(18)16-6-9-23-10-7-16/h1-7,9-10,12,15H,8,11,13-14H2,(H,25,29). The van der Waals surface area contributed by atoms with Crippen LogP contribution in [0.5, 0.6) is 0 Å². The molecule has 4 aromatic rings. The van der Waals surface area contributed by atoms with Gasteiger partial charge in [-0.15, -0.1) is 0 Å². The van der Waals surface area contributed by atoms with E-state index in [-0.39, 0.29) is 5.56 Å². The van der Waals surface area contributed by atoms with Crippen LogP contribution in [0.15, 0.2) is 71.9 Å². The Hall–Kier alpha value is -3.58. The lowest BCUT2D eigenvalue weighted by atomic mass is 10.0. The van der Waals surface area contributed by atoms with Crippen LogP contribution in [0, 0.1) is 0 Å². The minimum Gasteiger partial charge on any atom is -0.294 e. The average molecular weight is 384 g/mol. The largest absolute Gasteiger partial charge is 0.294 e. The van der Waals surface area contributed by atoms with Gasteiger partial charge in [-0.05, 0) is 29.8 Å². The van der Waals surface area contributed by atoms with Crippen LogP contribution in [0.2, 0.25) is 0 Å². The van der Waals surface area contributed by atoms with E-state index in [1.54, 1.807) is 18.5 Å². The second-order valence-electron chi connectivity index (χ2n) is 7.18. The number of aromatic amines is 1. The molecule has 0 fully saturated rings. The molecule has 0 aliphatic carbocycles. The average Bonchev–Trinajstić information content (AvgIpc) is 3.18. The number of nitrogens with one attached hydrogen (secondary N) is 1. The van der Waals surface area contributed by atoms with Crippen LogP contribution in [0.3, 0.4) is 0 Å². The number of nitrogens with zero attached hydrogens (tertiary/aromatic N) is 5. The maximum Gasteiger partial charge on any atom is 0.264 e. The fraction of sp³-hybridized carbons (Fsp3) is 0.182. The third-order valence-corrected chi connectivity index (χ3v) is 5.19. The molecule has 1 aliphatic rings. The number of pyridine rings is 1. The first-order valence-electron chi connectivity index (χ1n) is 9.60. The lowest BCUT2D eigenvalue weighted by Gasteiger charge is -2.27. The van der Waals surface area contributed by atoms with E-state index in [9.17, 15) is 4.79 Å². The Morgan fingerprint density at radius 2 is 1.90 bits per heavy atom. The molecule has 0 unspecified atom stereocenters. The van der Waals surface area contributed by atoms with Gasteiger partial charge in [-0.2, -0.15) is 10.2 Å². The molecule has 0 spiro atoms. The summed E-state index contributed by atoms with van der Waals surface area (Å²) in [6, 6.07) is 15.7. The van der Waals surface area contributed by atoms with Crippen molar-refractivity contribution < 1.29 is 0 Å². The zero-order valence-corrected chi connectivity index (χ0v) is 15.8. The zero-order valence-electron chi connectivity index (χ0n) is 15.8. The van der Waals surface area contributed by atoms with Gasteiger partial charge < -0.3 is 0 Å². The van der Waals surface area contributed by atoms with Crippen molar-refractivity contribution in [1.29, 1.82) is 0 Å². The van der Waals surface area contributed by atoms with Crippen LogP contribution in [0.4, 0.5) is 0 Å². The number of rotatable bonds is 4. The summed E-state index contributed by atoms with van der Waals surface area (Å²) >= 11 is 0. The Morgan fingerprint density at radius 3 is 2.72 bits per heavy atom. The van der Waals surface area contributed by atoms with Crippen LogP contribution in [-0.2, 0) is 19.5 Å². The van der Waals surface area contributed by atoms with Gasteiger partial charge in [-0.25, -0.2) is 9.78 Å². The van der Waals surface area contributed by atoms with Crippen molar-refractivity contribution in [2.24, 2.45) is 0 Å². The zero-order chi connectivity index (χ0) is 19.6. The third kappa shape index (κ3) is 3.60. The van der Waals surface area contributed by atoms with Crippen molar-refractivity contribution >= 4 is 0 Å². The molecule has 0 atom stereocenters. The summed E-state index contributed by atoms with van der Waals surface area (Å²) < 4.78 is 1.93. The van der Waals surface area contributed by atoms with Crippen molar-refractivity contribution in [3.05, 3.63) is 94.3 Å². The first-order valence-corrected chi connectivity index (χ1v) is 9.60. The van der Waals surface area contributed by atoms with Gasteiger partial charge in [0.1, 0.15) is 0 Å². The van der Waals surface area contributed by atoms with Crippen molar-refractivity contribution in [2.45, 2.75) is 19.5 Å². The van der Waals surface area contributed by atoms with Crippen molar-refractivity contribution in [3.63, 3.8) is 0 Å². The number of benzene rings is 1. The number of H-pyrrole nitrogens is 1. The number of hydrogen-bond donors (Lipinski definition) is 1. The smallest absolute Gasteiger partial charge is 0.264 e. The van der Waals surface area contributed by atoms with Gasteiger partial charge in [-0.1, -0.05) is 18.2 Å². The molecule has 29 heavy (non-hydrogen) atoms. The van der Waals surface area contributed by atoms with E-state index in [0.717, 1.165) is 53.3 Å². The molecule has 1 N–H and O–H groups in total. The van der Waals surface area contributed by atoms with Crippen LogP contribution < -0.4 is 5.56 Å². The van der Waals surface area contributed by atoms with Gasteiger partial charge in [-0.3, -0.25) is 14.7 Å². The molecule has 7 heteroatoms. The predicted octanol–water partition coefficient (Wildman–Crippen LogP) is 2.58. The molecule has 1 aromatic carbocycles. The second kappa shape index (κ2) is 7.44. The molecular weight excluding hydrogens is 364 g/mol. The fourth-order valence-corrected chi connectivity index (χ4v) is 3.77. The number of hydrogen-bond acceptors (Lipinski definition) is 5. The van der Waals surface area contributed by atoms with Crippen LogP contribution in [0.1, 0.15) is 16.8 Å². The first-order chi connectivity index (χ1) is 14.3. The van der Waals surface area contributed by atoms with Crippen LogP contribution in [-0.4, -0.2) is 36.4 Å². The third-order valence-electron chi connectivity index (χ3n) is 5.19. The molecule has 144 valence electrons. The highest BCUT2D eigenvalue weighted by Gasteiger charge is 2.21. The Bertz CT molecular complexity index is 1180. The van der Waals surface area contributed by atoms with Crippen molar-refractivity contribution in [1.82, 2.24) is 29.9 Å². The van der Waals surface area contributed by atoms with E-state index in [2.05, 4.69) is 26.3 Å². The van der Waals surface area contributed by atoms with Gasteiger partial charge in [0.05, 0.1) is 17.1 Å². The van der Waals surface area contributed by atoms with Gasteiger partial charge in [0.25, 0.3) is 5.56 Å². The summed E-state index contributed by atoms with van der Waals surface area (Å²) in [5, 5.41) is 11.6. The second-order valence-corrected chi connectivity index (χ2v) is 7.18. The molecule has 0 saturated carbocycles. The maximum absolute atomic E-state index is 11.6. The quantitative estimate of drug-likeness (QED) is 0.585. The van der Waals surface area contributed by atoms with Gasteiger partial charge in [0.2, 0.25) is 0 Å². The van der Waals surface area contributed by atoms with E-state index in [0.29, 0.717) is 6.54 Å². The molecule has 7 nitrogen and oxygen atoms in total. The van der Waals surface area contributed by atoms with Gasteiger partial charge in [0.15, 0.2) is 0 Å². The summed E-state index contributed by atoms with van der Waals surface area (Å²) in [5.41, 5.74) is 5.98. The van der Waals surface area contributed by atoms with E-state index in [1.165, 1.54) is 0 Å². The summed E-state index contributed by atoms with van der Waals surface area (Å²) in [4.78, 5) is 18.1. The number of aromatic nitrogens is 5. The highest BCUT2D eigenvalue weighted by Crippen LogP contribution is 2.26. The topological polar surface area (TPSA) is 79.7 Å².